The van der Waals surface area contributed by atoms with Crippen molar-refractivity contribution in [3.05, 3.63) is 60.3 Å². The van der Waals surface area contributed by atoms with Gasteiger partial charge in [0.15, 0.2) is 0 Å². The molecular weight excluding hydrogens is 332 g/mol. The van der Waals surface area contributed by atoms with E-state index in [9.17, 15) is 18.7 Å². The summed E-state index contributed by atoms with van der Waals surface area (Å²) >= 11 is 0. The SMILES string of the molecule is O=C(Nc1ccc(OC(F)F)cc1)c1cc(-c2ccccc2O)n[nH]1. The monoisotopic (exact) mass is 345 g/mol. The second-order valence-corrected chi connectivity index (χ2v) is 5.04. The third-order valence-electron chi connectivity index (χ3n) is 3.34. The van der Waals surface area contributed by atoms with Gasteiger partial charge in [-0.1, -0.05) is 12.1 Å². The molecule has 2 aromatic carbocycles. The number of ether oxygens (including phenoxy) is 1. The van der Waals surface area contributed by atoms with Crippen LogP contribution in [0.2, 0.25) is 0 Å². The van der Waals surface area contributed by atoms with Crippen molar-refractivity contribution in [3.63, 3.8) is 0 Å². The summed E-state index contributed by atoms with van der Waals surface area (Å²) in [6.07, 6.45) is 0. The third-order valence-corrected chi connectivity index (χ3v) is 3.34. The Labute approximate surface area is 141 Å². The molecule has 0 spiro atoms. The van der Waals surface area contributed by atoms with Crippen LogP contribution in [0.4, 0.5) is 14.5 Å². The molecule has 0 fully saturated rings. The molecule has 0 saturated heterocycles. The summed E-state index contributed by atoms with van der Waals surface area (Å²) in [5.74, 6) is -0.413. The van der Waals surface area contributed by atoms with Crippen LogP contribution in [0.3, 0.4) is 0 Å². The van der Waals surface area contributed by atoms with Crippen molar-refractivity contribution < 1.29 is 23.4 Å². The minimum absolute atomic E-state index is 0.00335. The van der Waals surface area contributed by atoms with E-state index < -0.39 is 12.5 Å². The van der Waals surface area contributed by atoms with Gasteiger partial charge in [0.2, 0.25) is 0 Å². The predicted molar refractivity (Wildman–Crippen MR) is 86.7 cm³/mol. The Hall–Kier alpha value is -3.42. The van der Waals surface area contributed by atoms with E-state index in [1.807, 2.05) is 0 Å². The van der Waals surface area contributed by atoms with Crippen LogP contribution in [0.25, 0.3) is 11.3 Å². The molecule has 0 aliphatic carbocycles. The number of aromatic nitrogens is 2. The fourth-order valence-corrected chi connectivity index (χ4v) is 2.18. The van der Waals surface area contributed by atoms with Crippen molar-refractivity contribution in [3.8, 4) is 22.8 Å². The predicted octanol–water partition coefficient (Wildman–Crippen LogP) is 3.64. The van der Waals surface area contributed by atoms with Crippen LogP contribution >= 0.6 is 0 Å². The molecule has 1 amide bonds. The molecule has 0 bridgehead atoms. The zero-order valence-electron chi connectivity index (χ0n) is 12.7. The minimum Gasteiger partial charge on any atom is -0.507 e. The van der Waals surface area contributed by atoms with Crippen LogP contribution < -0.4 is 10.1 Å². The molecule has 3 rings (SSSR count). The number of hydrogen-bond acceptors (Lipinski definition) is 4. The lowest BCUT2D eigenvalue weighted by atomic mass is 10.1. The number of benzene rings is 2. The highest BCUT2D eigenvalue weighted by molar-refractivity contribution is 6.03. The first kappa shape index (κ1) is 16.4. The highest BCUT2D eigenvalue weighted by atomic mass is 19.3. The first-order valence-corrected chi connectivity index (χ1v) is 7.23. The van der Waals surface area contributed by atoms with E-state index in [4.69, 9.17) is 0 Å². The van der Waals surface area contributed by atoms with Gasteiger partial charge in [0.05, 0.1) is 5.69 Å². The van der Waals surface area contributed by atoms with E-state index in [0.29, 0.717) is 16.9 Å². The fraction of sp³-hybridized carbons (Fsp3) is 0.0588. The van der Waals surface area contributed by atoms with Gasteiger partial charge in [0.1, 0.15) is 17.2 Å². The Morgan fingerprint density at radius 3 is 2.56 bits per heavy atom. The number of alkyl halides is 2. The number of aromatic amines is 1. The van der Waals surface area contributed by atoms with Crippen LogP contribution in [-0.2, 0) is 0 Å². The van der Waals surface area contributed by atoms with Crippen LogP contribution in [0.1, 0.15) is 10.5 Å². The Bertz CT molecular complexity index is 879. The topological polar surface area (TPSA) is 87.2 Å². The van der Waals surface area contributed by atoms with Crippen LogP contribution in [-0.4, -0.2) is 27.8 Å². The lowest BCUT2D eigenvalue weighted by Gasteiger charge is -2.06. The summed E-state index contributed by atoms with van der Waals surface area (Å²) < 4.78 is 28.4. The summed E-state index contributed by atoms with van der Waals surface area (Å²) in [4.78, 5) is 12.2. The number of carbonyl (C=O) groups is 1. The Morgan fingerprint density at radius 2 is 1.88 bits per heavy atom. The van der Waals surface area contributed by atoms with Crippen LogP contribution in [0, 0.1) is 0 Å². The standard InChI is InChI=1S/C17H13F2N3O3/c18-17(19)25-11-7-5-10(6-8-11)20-16(24)14-9-13(21-22-14)12-3-1-2-4-15(12)23/h1-9,17,23H,(H,20,24)(H,21,22). The second-order valence-electron chi connectivity index (χ2n) is 5.04. The number of phenolic OH excluding ortho intramolecular Hbond substituents is 1. The Morgan fingerprint density at radius 1 is 1.16 bits per heavy atom. The van der Waals surface area contributed by atoms with Crippen LogP contribution in [0.5, 0.6) is 11.5 Å². The average Bonchev–Trinajstić information content (AvgIpc) is 3.06. The molecule has 8 heteroatoms. The number of nitrogens with zero attached hydrogens (tertiary/aromatic N) is 1. The van der Waals surface area contributed by atoms with Gasteiger partial charge in [-0.15, -0.1) is 0 Å². The van der Waals surface area contributed by atoms with Gasteiger partial charge < -0.3 is 15.2 Å². The van der Waals surface area contributed by atoms with Crippen molar-refractivity contribution in [1.82, 2.24) is 10.2 Å². The minimum atomic E-state index is -2.90. The number of halogens is 2. The molecule has 128 valence electrons. The zero-order valence-corrected chi connectivity index (χ0v) is 12.7. The molecule has 1 aromatic heterocycles. The zero-order chi connectivity index (χ0) is 17.8. The maximum atomic E-state index is 12.2. The summed E-state index contributed by atoms with van der Waals surface area (Å²) in [5.41, 5.74) is 1.51. The third kappa shape index (κ3) is 3.92. The summed E-state index contributed by atoms with van der Waals surface area (Å²) in [6.45, 7) is -2.90. The largest absolute Gasteiger partial charge is 0.507 e. The molecule has 1 heterocycles. The second kappa shape index (κ2) is 7.00. The first-order valence-electron chi connectivity index (χ1n) is 7.23. The van der Waals surface area contributed by atoms with Crippen molar-refractivity contribution in [2.45, 2.75) is 6.61 Å². The van der Waals surface area contributed by atoms with E-state index in [1.165, 1.54) is 36.4 Å². The molecule has 0 aliphatic heterocycles. The van der Waals surface area contributed by atoms with Gasteiger partial charge in [0, 0.05) is 11.3 Å². The molecule has 0 radical (unpaired) electrons. The van der Waals surface area contributed by atoms with Gasteiger partial charge in [0.25, 0.3) is 5.91 Å². The fourth-order valence-electron chi connectivity index (χ4n) is 2.18. The first-order chi connectivity index (χ1) is 12.0. The van der Waals surface area contributed by atoms with Gasteiger partial charge in [-0.2, -0.15) is 13.9 Å². The Balaban J connectivity index is 1.71. The van der Waals surface area contributed by atoms with Crippen molar-refractivity contribution in [2.24, 2.45) is 0 Å². The molecule has 0 atom stereocenters. The van der Waals surface area contributed by atoms with E-state index in [0.717, 1.165) is 0 Å². The van der Waals surface area contributed by atoms with E-state index in [2.05, 4.69) is 20.3 Å². The molecule has 0 saturated carbocycles. The summed E-state index contributed by atoms with van der Waals surface area (Å²) in [6, 6.07) is 13.6. The molecule has 0 unspecified atom stereocenters. The maximum Gasteiger partial charge on any atom is 0.387 e. The quantitative estimate of drug-likeness (QED) is 0.659. The number of nitrogens with one attached hydrogen (secondary N) is 2. The highest BCUT2D eigenvalue weighted by Gasteiger charge is 2.13. The van der Waals surface area contributed by atoms with Crippen molar-refractivity contribution >= 4 is 11.6 Å². The van der Waals surface area contributed by atoms with Crippen LogP contribution in [0.15, 0.2) is 54.6 Å². The van der Waals surface area contributed by atoms with E-state index >= 15 is 0 Å². The summed E-state index contributed by atoms with van der Waals surface area (Å²) in [7, 11) is 0. The normalized spacial score (nSPS) is 10.7. The summed E-state index contributed by atoms with van der Waals surface area (Å²) in [5, 5.41) is 19.0. The van der Waals surface area contributed by atoms with Gasteiger partial charge in [-0.25, -0.2) is 0 Å². The maximum absolute atomic E-state index is 12.2. The van der Waals surface area contributed by atoms with Crippen molar-refractivity contribution in [2.75, 3.05) is 5.32 Å². The Kier molecular flexibility index (Phi) is 4.60. The number of anilines is 1. The number of para-hydroxylation sites is 1. The number of amides is 1. The number of carbonyl (C=O) groups excluding carboxylic acids is 1. The lowest BCUT2D eigenvalue weighted by Crippen LogP contribution is -2.12. The number of rotatable bonds is 5. The van der Waals surface area contributed by atoms with Gasteiger partial charge >= 0.3 is 6.61 Å². The number of H-pyrrole nitrogens is 1. The lowest BCUT2D eigenvalue weighted by molar-refractivity contribution is -0.0498. The molecule has 6 nitrogen and oxygen atoms in total. The number of hydrogen-bond donors (Lipinski definition) is 3. The highest BCUT2D eigenvalue weighted by Crippen LogP contribution is 2.27. The number of aromatic hydroxyl groups is 1. The van der Waals surface area contributed by atoms with Gasteiger partial charge in [-0.3, -0.25) is 9.89 Å². The molecule has 0 aliphatic rings. The molecular formula is C17H13F2N3O3. The average molecular weight is 345 g/mol. The van der Waals surface area contributed by atoms with E-state index in [1.54, 1.807) is 18.2 Å². The van der Waals surface area contributed by atoms with Crippen molar-refractivity contribution in [1.29, 1.82) is 0 Å². The molecule has 25 heavy (non-hydrogen) atoms. The number of phenols is 1. The van der Waals surface area contributed by atoms with Gasteiger partial charge in [-0.05, 0) is 42.5 Å². The smallest absolute Gasteiger partial charge is 0.387 e. The van der Waals surface area contributed by atoms with E-state index in [-0.39, 0.29) is 17.2 Å². The molecule has 3 N–H and O–H groups in total. The molecule has 3 aromatic rings.